The maximum atomic E-state index is 11.4. The molecule has 0 aliphatic carbocycles. The third-order valence-corrected chi connectivity index (χ3v) is 6.12. The van der Waals surface area contributed by atoms with E-state index in [1.807, 2.05) is 60.3 Å². The molecule has 0 N–H and O–H groups in total. The molecule has 0 spiro atoms. The van der Waals surface area contributed by atoms with E-state index in [1.165, 1.54) is 13.8 Å². The molecule has 0 aromatic heterocycles. The summed E-state index contributed by atoms with van der Waals surface area (Å²) in [5.41, 5.74) is 2.15. The summed E-state index contributed by atoms with van der Waals surface area (Å²) >= 11 is 1.88. The van der Waals surface area contributed by atoms with Gasteiger partial charge in [-0.3, -0.25) is 9.59 Å². The van der Waals surface area contributed by atoms with Crippen LogP contribution in [0.15, 0.2) is 48.5 Å². The number of carbonyl (C=O) groups excluding carboxylic acids is 2. The van der Waals surface area contributed by atoms with Crippen LogP contribution in [0.3, 0.4) is 0 Å². The zero-order chi connectivity index (χ0) is 21.2. The van der Waals surface area contributed by atoms with Crippen molar-refractivity contribution in [2.45, 2.75) is 52.4 Å². The van der Waals surface area contributed by atoms with Crippen LogP contribution in [0, 0.1) is 0 Å². The highest BCUT2D eigenvalue weighted by atomic mass is 32.2. The van der Waals surface area contributed by atoms with E-state index in [-0.39, 0.29) is 11.9 Å². The highest BCUT2D eigenvalue weighted by Crippen LogP contribution is 2.35. The molecule has 29 heavy (non-hydrogen) atoms. The van der Waals surface area contributed by atoms with Crippen molar-refractivity contribution in [2.75, 3.05) is 11.5 Å². The Morgan fingerprint density at radius 2 is 1.14 bits per heavy atom. The Kier molecular flexibility index (Phi) is 9.26. The Hall–Kier alpha value is -2.27. The Bertz CT molecular complexity index is 751. The van der Waals surface area contributed by atoms with E-state index in [0.717, 1.165) is 35.5 Å². The predicted molar refractivity (Wildman–Crippen MR) is 119 cm³/mol. The van der Waals surface area contributed by atoms with Gasteiger partial charge in [-0.2, -0.15) is 11.8 Å². The van der Waals surface area contributed by atoms with Crippen LogP contribution in [0.1, 0.15) is 63.5 Å². The van der Waals surface area contributed by atoms with E-state index >= 15 is 0 Å². The first-order chi connectivity index (χ1) is 14.0. The molecule has 4 nitrogen and oxygen atoms in total. The quantitative estimate of drug-likeness (QED) is 0.355. The molecule has 0 aliphatic rings. The van der Waals surface area contributed by atoms with Gasteiger partial charge in [0.15, 0.2) is 0 Å². The first-order valence-electron chi connectivity index (χ1n) is 10.1. The molecule has 2 rings (SSSR count). The molecule has 2 aromatic carbocycles. The van der Waals surface area contributed by atoms with E-state index in [1.54, 1.807) is 0 Å². The largest absolute Gasteiger partial charge is 0.426 e. The third-order valence-electron chi connectivity index (χ3n) is 4.85. The van der Waals surface area contributed by atoms with Gasteiger partial charge in [-0.05, 0) is 47.9 Å². The van der Waals surface area contributed by atoms with Gasteiger partial charge in [0.25, 0.3) is 0 Å². The fourth-order valence-electron chi connectivity index (χ4n) is 3.34. The van der Waals surface area contributed by atoms with Crippen molar-refractivity contribution in [2.24, 2.45) is 0 Å². The minimum absolute atomic E-state index is 0.298. The van der Waals surface area contributed by atoms with E-state index < -0.39 is 0 Å². The minimum Gasteiger partial charge on any atom is -0.426 e. The van der Waals surface area contributed by atoms with Gasteiger partial charge >= 0.3 is 11.9 Å². The maximum absolute atomic E-state index is 11.4. The number of hydrogen-bond donors (Lipinski definition) is 0. The number of benzene rings is 2. The van der Waals surface area contributed by atoms with Crippen LogP contribution in [-0.4, -0.2) is 23.4 Å². The Balaban J connectivity index is 2.07. The number of esters is 2. The molecule has 0 saturated carbocycles. The number of ether oxygens (including phenoxy) is 2. The lowest BCUT2D eigenvalue weighted by Crippen LogP contribution is -2.10. The number of rotatable bonds is 10. The molecule has 156 valence electrons. The molecular formula is C24H30O4S. The summed E-state index contributed by atoms with van der Waals surface area (Å²) in [5.74, 6) is 3.18. The third kappa shape index (κ3) is 6.93. The molecule has 2 unspecified atom stereocenters. The van der Waals surface area contributed by atoms with Crippen molar-refractivity contribution in [1.29, 1.82) is 0 Å². The van der Waals surface area contributed by atoms with Crippen LogP contribution >= 0.6 is 11.8 Å². The van der Waals surface area contributed by atoms with Crippen molar-refractivity contribution >= 4 is 23.7 Å². The molecule has 0 fully saturated rings. The Morgan fingerprint density at radius 3 is 1.48 bits per heavy atom. The SMILES string of the molecule is CCC(CSCC(CC)c1ccccc1OC(C)=O)c1ccccc1OC(C)=O. The lowest BCUT2D eigenvalue weighted by molar-refractivity contribution is -0.132. The Labute approximate surface area is 178 Å². The van der Waals surface area contributed by atoms with Gasteiger partial charge in [0, 0.05) is 25.4 Å². The van der Waals surface area contributed by atoms with Gasteiger partial charge in [0.05, 0.1) is 0 Å². The average molecular weight is 415 g/mol. The molecule has 0 aliphatic heterocycles. The molecule has 0 amide bonds. The Morgan fingerprint density at radius 1 is 0.759 bits per heavy atom. The van der Waals surface area contributed by atoms with Gasteiger partial charge in [-0.1, -0.05) is 50.2 Å². The van der Waals surface area contributed by atoms with Crippen LogP contribution in [0.25, 0.3) is 0 Å². The number of thioether (sulfide) groups is 1. The summed E-state index contributed by atoms with van der Waals surface area (Å²) in [5, 5.41) is 0. The maximum Gasteiger partial charge on any atom is 0.308 e. The summed E-state index contributed by atoms with van der Waals surface area (Å²) < 4.78 is 10.8. The highest BCUT2D eigenvalue weighted by molar-refractivity contribution is 7.99. The second-order valence-corrected chi connectivity index (χ2v) is 8.09. The fraction of sp³-hybridized carbons (Fsp3) is 0.417. The minimum atomic E-state index is -0.298. The number of para-hydroxylation sites is 2. The van der Waals surface area contributed by atoms with E-state index in [4.69, 9.17) is 9.47 Å². The molecule has 5 heteroatoms. The summed E-state index contributed by atoms with van der Waals surface area (Å²) in [6, 6.07) is 15.5. The van der Waals surface area contributed by atoms with E-state index in [0.29, 0.717) is 23.3 Å². The molecule has 0 saturated heterocycles. The van der Waals surface area contributed by atoms with Gasteiger partial charge in [-0.25, -0.2) is 0 Å². The molecule has 2 aromatic rings. The zero-order valence-corrected chi connectivity index (χ0v) is 18.5. The van der Waals surface area contributed by atoms with Crippen molar-refractivity contribution in [1.82, 2.24) is 0 Å². The second-order valence-electron chi connectivity index (χ2n) is 7.01. The van der Waals surface area contributed by atoms with Crippen molar-refractivity contribution in [3.63, 3.8) is 0 Å². The van der Waals surface area contributed by atoms with Gasteiger partial charge < -0.3 is 9.47 Å². The topological polar surface area (TPSA) is 52.6 Å². The zero-order valence-electron chi connectivity index (χ0n) is 17.6. The van der Waals surface area contributed by atoms with Crippen LogP contribution in [0.5, 0.6) is 11.5 Å². The van der Waals surface area contributed by atoms with Gasteiger partial charge in [0.2, 0.25) is 0 Å². The molecule has 2 atom stereocenters. The van der Waals surface area contributed by atoms with Crippen LogP contribution < -0.4 is 9.47 Å². The number of carbonyl (C=O) groups is 2. The lowest BCUT2D eigenvalue weighted by Gasteiger charge is -2.21. The van der Waals surface area contributed by atoms with E-state index in [2.05, 4.69) is 13.8 Å². The van der Waals surface area contributed by atoms with Gasteiger partial charge in [-0.15, -0.1) is 0 Å². The van der Waals surface area contributed by atoms with Crippen molar-refractivity contribution in [3.05, 3.63) is 59.7 Å². The number of hydrogen-bond acceptors (Lipinski definition) is 5. The average Bonchev–Trinajstić information content (AvgIpc) is 2.69. The predicted octanol–water partition coefficient (Wildman–Crippen LogP) is 5.96. The van der Waals surface area contributed by atoms with Crippen LogP contribution in [0.2, 0.25) is 0 Å². The van der Waals surface area contributed by atoms with E-state index in [9.17, 15) is 9.59 Å². The highest BCUT2D eigenvalue weighted by Gasteiger charge is 2.19. The monoisotopic (exact) mass is 414 g/mol. The standard InChI is InChI=1S/C24H30O4S/c1-5-19(21-11-7-9-13-23(21)27-17(3)25)15-29-16-20(6-2)22-12-8-10-14-24(22)28-18(4)26/h7-14,19-20H,5-6,15-16H2,1-4H3. The molecule has 0 bridgehead atoms. The van der Waals surface area contributed by atoms with Crippen LogP contribution in [0.4, 0.5) is 0 Å². The summed E-state index contributed by atoms with van der Waals surface area (Å²) in [4.78, 5) is 22.8. The lowest BCUT2D eigenvalue weighted by atomic mass is 9.97. The summed E-state index contributed by atoms with van der Waals surface area (Å²) in [7, 11) is 0. The first kappa shape index (κ1) is 23.0. The molecule has 0 heterocycles. The summed E-state index contributed by atoms with van der Waals surface area (Å²) in [6.07, 6.45) is 1.93. The fourth-order valence-corrected chi connectivity index (χ4v) is 4.87. The first-order valence-corrected chi connectivity index (χ1v) is 11.2. The summed E-state index contributed by atoms with van der Waals surface area (Å²) in [6.45, 7) is 7.17. The smallest absolute Gasteiger partial charge is 0.308 e. The molecule has 0 radical (unpaired) electrons. The van der Waals surface area contributed by atoms with Crippen LogP contribution in [-0.2, 0) is 9.59 Å². The molecular weight excluding hydrogens is 384 g/mol. The second kappa shape index (κ2) is 11.7. The van der Waals surface area contributed by atoms with Gasteiger partial charge in [0.1, 0.15) is 11.5 Å². The normalized spacial score (nSPS) is 12.8. The van der Waals surface area contributed by atoms with Crippen molar-refractivity contribution < 1.29 is 19.1 Å². The van der Waals surface area contributed by atoms with Crippen molar-refractivity contribution in [3.8, 4) is 11.5 Å².